The maximum absolute atomic E-state index is 5.96. The minimum atomic E-state index is 0.126. The monoisotopic (exact) mass is 213 g/mol. The fourth-order valence-electron chi connectivity index (χ4n) is 2.12. The van der Waals surface area contributed by atoms with Crippen LogP contribution in [-0.4, -0.2) is 0 Å². The van der Waals surface area contributed by atoms with Crippen molar-refractivity contribution in [3.8, 4) is 0 Å². The highest BCUT2D eigenvalue weighted by Crippen LogP contribution is 2.32. The van der Waals surface area contributed by atoms with Crippen LogP contribution in [-0.2, 0) is 5.41 Å². The molecule has 0 radical (unpaired) electrons. The summed E-state index contributed by atoms with van der Waals surface area (Å²) in [5, 5.41) is 2.55. The van der Waals surface area contributed by atoms with Crippen LogP contribution in [0.5, 0.6) is 0 Å². The molecule has 0 heterocycles. The van der Waals surface area contributed by atoms with Crippen molar-refractivity contribution in [2.24, 2.45) is 0 Å². The summed E-state index contributed by atoms with van der Waals surface area (Å²) < 4.78 is 0. The molecule has 2 N–H and O–H groups in total. The lowest BCUT2D eigenvalue weighted by Gasteiger charge is -2.22. The van der Waals surface area contributed by atoms with E-state index in [1.54, 1.807) is 0 Å². The molecule has 0 amide bonds. The number of rotatable bonds is 0. The Kier molecular flexibility index (Phi) is 2.42. The van der Waals surface area contributed by atoms with Gasteiger partial charge in [0.05, 0.1) is 0 Å². The van der Waals surface area contributed by atoms with E-state index < -0.39 is 0 Å². The quantitative estimate of drug-likeness (QED) is 0.657. The summed E-state index contributed by atoms with van der Waals surface area (Å²) in [6.07, 6.45) is 0. The number of fused-ring (bicyclic) bond motifs is 1. The largest absolute Gasteiger partial charge is 0.399 e. The van der Waals surface area contributed by atoms with E-state index >= 15 is 0 Å². The van der Waals surface area contributed by atoms with Crippen molar-refractivity contribution >= 4 is 16.5 Å². The molecule has 2 aromatic carbocycles. The smallest absolute Gasteiger partial charge is 0.0323 e. The van der Waals surface area contributed by atoms with Gasteiger partial charge in [0.15, 0.2) is 0 Å². The Morgan fingerprint density at radius 1 is 1.00 bits per heavy atom. The molecule has 0 fully saturated rings. The zero-order valence-corrected chi connectivity index (χ0v) is 10.5. The standard InChI is InChI=1S/C15H19N/c1-10-5-6-11-8-12(16)9-14(13(11)7-10)15(2,3)4/h5-9H,16H2,1-4H3. The zero-order valence-electron chi connectivity index (χ0n) is 10.5. The predicted octanol–water partition coefficient (Wildman–Crippen LogP) is 4.03. The molecule has 1 heteroatoms. The molecule has 0 bridgehead atoms. The van der Waals surface area contributed by atoms with Crippen LogP contribution in [0.15, 0.2) is 30.3 Å². The van der Waals surface area contributed by atoms with E-state index in [1.807, 2.05) is 6.07 Å². The lowest BCUT2D eigenvalue weighted by Crippen LogP contribution is -2.12. The van der Waals surface area contributed by atoms with Gasteiger partial charge in [-0.3, -0.25) is 0 Å². The van der Waals surface area contributed by atoms with E-state index in [2.05, 4.69) is 52.0 Å². The Labute approximate surface area is 97.3 Å². The molecule has 0 aliphatic carbocycles. The Bertz CT molecular complexity index is 533. The normalized spacial score (nSPS) is 12.0. The van der Waals surface area contributed by atoms with E-state index in [9.17, 15) is 0 Å². The molecule has 0 aliphatic heterocycles. The highest BCUT2D eigenvalue weighted by molar-refractivity contribution is 5.90. The maximum Gasteiger partial charge on any atom is 0.0323 e. The third-order valence-corrected chi connectivity index (χ3v) is 2.94. The van der Waals surface area contributed by atoms with Gasteiger partial charge in [-0.2, -0.15) is 0 Å². The molecule has 0 aliphatic rings. The SMILES string of the molecule is Cc1ccc2cc(N)cc(C(C)(C)C)c2c1. The molecule has 16 heavy (non-hydrogen) atoms. The lowest BCUT2D eigenvalue weighted by molar-refractivity contribution is 0.596. The average molecular weight is 213 g/mol. The summed E-state index contributed by atoms with van der Waals surface area (Å²) in [5.41, 5.74) is 9.55. The van der Waals surface area contributed by atoms with E-state index in [0.29, 0.717) is 0 Å². The van der Waals surface area contributed by atoms with Gasteiger partial charge in [0.25, 0.3) is 0 Å². The van der Waals surface area contributed by atoms with Crippen LogP contribution in [0.4, 0.5) is 5.69 Å². The lowest BCUT2D eigenvalue weighted by atomic mass is 9.83. The molecule has 0 atom stereocenters. The van der Waals surface area contributed by atoms with Crippen molar-refractivity contribution in [1.82, 2.24) is 0 Å². The van der Waals surface area contributed by atoms with Gasteiger partial charge in [-0.05, 0) is 40.8 Å². The topological polar surface area (TPSA) is 26.0 Å². The average Bonchev–Trinajstić information content (AvgIpc) is 2.16. The molecule has 0 saturated carbocycles. The van der Waals surface area contributed by atoms with Gasteiger partial charge in [0.1, 0.15) is 0 Å². The second-order valence-corrected chi connectivity index (χ2v) is 5.54. The summed E-state index contributed by atoms with van der Waals surface area (Å²) in [6.45, 7) is 8.80. The number of hydrogen-bond donors (Lipinski definition) is 1. The summed E-state index contributed by atoms with van der Waals surface area (Å²) in [5.74, 6) is 0. The number of hydrogen-bond acceptors (Lipinski definition) is 1. The highest BCUT2D eigenvalue weighted by Gasteiger charge is 2.17. The van der Waals surface area contributed by atoms with Crippen LogP contribution in [0.3, 0.4) is 0 Å². The van der Waals surface area contributed by atoms with Crippen LogP contribution in [0, 0.1) is 6.92 Å². The van der Waals surface area contributed by atoms with Crippen molar-refractivity contribution in [3.05, 3.63) is 41.5 Å². The minimum absolute atomic E-state index is 0.126. The van der Waals surface area contributed by atoms with Gasteiger partial charge in [0, 0.05) is 5.69 Å². The highest BCUT2D eigenvalue weighted by atomic mass is 14.5. The number of benzene rings is 2. The molecule has 0 saturated heterocycles. The number of nitrogens with two attached hydrogens (primary N) is 1. The summed E-state index contributed by atoms with van der Waals surface area (Å²) in [7, 11) is 0. The Morgan fingerprint density at radius 2 is 1.69 bits per heavy atom. The fraction of sp³-hybridized carbons (Fsp3) is 0.333. The van der Waals surface area contributed by atoms with Crippen molar-refractivity contribution in [3.63, 3.8) is 0 Å². The number of nitrogen functional groups attached to an aromatic ring is 1. The molecular weight excluding hydrogens is 194 g/mol. The first-order valence-corrected chi connectivity index (χ1v) is 5.68. The Balaban J connectivity index is 2.85. The fourth-order valence-corrected chi connectivity index (χ4v) is 2.12. The second kappa shape index (κ2) is 3.51. The first kappa shape index (κ1) is 11.0. The van der Waals surface area contributed by atoms with Crippen LogP contribution in [0.25, 0.3) is 10.8 Å². The second-order valence-electron chi connectivity index (χ2n) is 5.54. The van der Waals surface area contributed by atoms with Crippen molar-refractivity contribution in [2.75, 3.05) is 5.73 Å². The molecule has 2 rings (SSSR count). The Morgan fingerprint density at radius 3 is 2.31 bits per heavy atom. The maximum atomic E-state index is 5.96. The van der Waals surface area contributed by atoms with Gasteiger partial charge in [-0.1, -0.05) is 44.5 Å². The van der Waals surface area contributed by atoms with Gasteiger partial charge >= 0.3 is 0 Å². The van der Waals surface area contributed by atoms with Crippen LogP contribution >= 0.6 is 0 Å². The van der Waals surface area contributed by atoms with Gasteiger partial charge in [0.2, 0.25) is 0 Å². The molecule has 0 aromatic heterocycles. The zero-order chi connectivity index (χ0) is 11.9. The van der Waals surface area contributed by atoms with Crippen molar-refractivity contribution < 1.29 is 0 Å². The van der Waals surface area contributed by atoms with Crippen LogP contribution in [0.2, 0.25) is 0 Å². The van der Waals surface area contributed by atoms with E-state index in [4.69, 9.17) is 5.73 Å². The first-order valence-electron chi connectivity index (χ1n) is 5.68. The van der Waals surface area contributed by atoms with Gasteiger partial charge in [-0.15, -0.1) is 0 Å². The minimum Gasteiger partial charge on any atom is -0.399 e. The molecule has 84 valence electrons. The van der Waals surface area contributed by atoms with Crippen molar-refractivity contribution in [1.29, 1.82) is 0 Å². The molecule has 0 spiro atoms. The summed E-state index contributed by atoms with van der Waals surface area (Å²) in [6, 6.07) is 10.7. The van der Waals surface area contributed by atoms with Gasteiger partial charge < -0.3 is 5.73 Å². The third kappa shape index (κ3) is 1.90. The van der Waals surface area contributed by atoms with Crippen molar-refractivity contribution in [2.45, 2.75) is 33.1 Å². The number of anilines is 1. The third-order valence-electron chi connectivity index (χ3n) is 2.94. The molecule has 2 aromatic rings. The van der Waals surface area contributed by atoms with Crippen LogP contribution < -0.4 is 5.73 Å². The Hall–Kier alpha value is -1.50. The summed E-state index contributed by atoms with van der Waals surface area (Å²) >= 11 is 0. The van der Waals surface area contributed by atoms with E-state index in [1.165, 1.54) is 21.9 Å². The first-order chi connectivity index (χ1) is 7.38. The van der Waals surface area contributed by atoms with Crippen LogP contribution in [0.1, 0.15) is 31.9 Å². The molecular formula is C15H19N. The molecule has 1 nitrogen and oxygen atoms in total. The van der Waals surface area contributed by atoms with E-state index in [-0.39, 0.29) is 5.41 Å². The van der Waals surface area contributed by atoms with Gasteiger partial charge in [-0.25, -0.2) is 0 Å². The predicted molar refractivity (Wildman–Crippen MR) is 71.8 cm³/mol. The summed E-state index contributed by atoms with van der Waals surface area (Å²) in [4.78, 5) is 0. The molecule has 0 unspecified atom stereocenters. The number of aryl methyl sites for hydroxylation is 1. The van der Waals surface area contributed by atoms with E-state index in [0.717, 1.165) is 5.69 Å².